The van der Waals surface area contributed by atoms with E-state index in [9.17, 15) is 0 Å². The lowest BCUT2D eigenvalue weighted by atomic mass is 10.3. The molecule has 0 saturated heterocycles. The van der Waals surface area contributed by atoms with Crippen molar-refractivity contribution in [2.75, 3.05) is 13.1 Å². The van der Waals surface area contributed by atoms with Gasteiger partial charge in [0.15, 0.2) is 0 Å². The van der Waals surface area contributed by atoms with Crippen LogP contribution in [0.1, 0.15) is 17.1 Å². The van der Waals surface area contributed by atoms with Gasteiger partial charge in [-0.15, -0.1) is 0 Å². The van der Waals surface area contributed by atoms with Crippen LogP contribution in [0.4, 0.5) is 0 Å². The first kappa shape index (κ1) is 13.3. The van der Waals surface area contributed by atoms with Crippen LogP contribution in [0.5, 0.6) is 0 Å². The number of imidazole rings is 1. The summed E-state index contributed by atoms with van der Waals surface area (Å²) in [5.41, 5.74) is 2.41. The van der Waals surface area contributed by atoms with Gasteiger partial charge in [-0.3, -0.25) is 4.90 Å². The molecule has 1 aliphatic rings. The Morgan fingerprint density at radius 2 is 2.18 bits per heavy atom. The topological polar surface area (TPSA) is 64.9 Å². The van der Waals surface area contributed by atoms with E-state index < -0.39 is 0 Å². The van der Waals surface area contributed by atoms with Crippen molar-refractivity contribution in [2.45, 2.75) is 26.1 Å². The van der Waals surface area contributed by atoms with Gasteiger partial charge in [-0.1, -0.05) is 0 Å². The Bertz CT molecular complexity index is 715. The summed E-state index contributed by atoms with van der Waals surface area (Å²) in [5, 5.41) is 4.17. The van der Waals surface area contributed by atoms with Gasteiger partial charge in [0.2, 0.25) is 0 Å². The number of rotatable bonds is 4. The molecule has 22 heavy (non-hydrogen) atoms. The number of hydrogen-bond donors (Lipinski definition) is 0. The molecule has 3 aromatic heterocycles. The molecule has 0 spiro atoms. The van der Waals surface area contributed by atoms with Gasteiger partial charge in [0.1, 0.15) is 18.5 Å². The standard InChI is InChI=1S/C15H18N6O/c1-3-19(8-13-2-6-22-10-13)4-5-21-14(7-17-15(1)21)9-20-12-16-11-18-20/h2,6-7,10-12H,1,3-5,8-9H2. The van der Waals surface area contributed by atoms with Crippen LogP contribution in [-0.2, 0) is 26.1 Å². The quantitative estimate of drug-likeness (QED) is 0.723. The summed E-state index contributed by atoms with van der Waals surface area (Å²) in [5.74, 6) is 1.16. The Labute approximate surface area is 128 Å². The van der Waals surface area contributed by atoms with Crippen molar-refractivity contribution in [1.82, 2.24) is 29.2 Å². The fraction of sp³-hybridized carbons (Fsp3) is 0.400. The summed E-state index contributed by atoms with van der Waals surface area (Å²) in [4.78, 5) is 11.0. The lowest BCUT2D eigenvalue weighted by Gasteiger charge is -2.18. The molecule has 0 amide bonds. The third-order valence-electron chi connectivity index (χ3n) is 4.09. The van der Waals surface area contributed by atoms with E-state index in [-0.39, 0.29) is 0 Å². The first-order valence-corrected chi connectivity index (χ1v) is 7.47. The zero-order chi connectivity index (χ0) is 14.8. The number of nitrogens with zero attached hydrogens (tertiary/aromatic N) is 6. The van der Waals surface area contributed by atoms with E-state index in [1.807, 2.05) is 23.2 Å². The minimum Gasteiger partial charge on any atom is -0.472 e. The summed E-state index contributed by atoms with van der Waals surface area (Å²) < 4.78 is 9.30. The molecule has 0 atom stereocenters. The monoisotopic (exact) mass is 298 g/mol. The van der Waals surface area contributed by atoms with Crippen molar-refractivity contribution < 1.29 is 4.42 Å². The van der Waals surface area contributed by atoms with E-state index in [1.54, 1.807) is 18.9 Å². The van der Waals surface area contributed by atoms with Gasteiger partial charge in [-0.05, 0) is 6.07 Å². The number of furan rings is 1. The highest BCUT2D eigenvalue weighted by Crippen LogP contribution is 2.14. The first-order chi connectivity index (χ1) is 10.9. The molecule has 0 aliphatic carbocycles. The first-order valence-electron chi connectivity index (χ1n) is 7.47. The highest BCUT2D eigenvalue weighted by Gasteiger charge is 2.18. The third kappa shape index (κ3) is 2.67. The Morgan fingerprint density at radius 1 is 1.18 bits per heavy atom. The molecule has 4 heterocycles. The predicted molar refractivity (Wildman–Crippen MR) is 79.0 cm³/mol. The molecule has 0 saturated carbocycles. The van der Waals surface area contributed by atoms with Crippen molar-refractivity contribution in [3.63, 3.8) is 0 Å². The van der Waals surface area contributed by atoms with Crippen LogP contribution >= 0.6 is 0 Å². The minimum absolute atomic E-state index is 0.717. The lowest BCUT2D eigenvalue weighted by Crippen LogP contribution is -2.26. The van der Waals surface area contributed by atoms with Gasteiger partial charge in [-0.25, -0.2) is 14.6 Å². The van der Waals surface area contributed by atoms with Gasteiger partial charge in [0.05, 0.1) is 31.0 Å². The zero-order valence-corrected chi connectivity index (χ0v) is 12.3. The van der Waals surface area contributed by atoms with Crippen LogP contribution in [0.15, 0.2) is 41.9 Å². The van der Waals surface area contributed by atoms with Crippen LogP contribution in [-0.4, -0.2) is 42.3 Å². The molecular weight excluding hydrogens is 280 g/mol. The van der Waals surface area contributed by atoms with Gasteiger partial charge in [-0.2, -0.15) is 5.10 Å². The van der Waals surface area contributed by atoms with E-state index in [2.05, 4.69) is 24.5 Å². The van der Waals surface area contributed by atoms with E-state index in [4.69, 9.17) is 4.42 Å². The van der Waals surface area contributed by atoms with Crippen molar-refractivity contribution >= 4 is 0 Å². The van der Waals surface area contributed by atoms with Crippen molar-refractivity contribution in [3.05, 3.63) is 54.5 Å². The molecular formula is C15H18N6O. The molecule has 4 rings (SSSR count). The summed E-state index contributed by atoms with van der Waals surface area (Å²) >= 11 is 0. The minimum atomic E-state index is 0.717. The van der Waals surface area contributed by atoms with Crippen LogP contribution in [0.3, 0.4) is 0 Å². The average molecular weight is 298 g/mol. The van der Waals surface area contributed by atoms with Crippen molar-refractivity contribution in [1.29, 1.82) is 0 Å². The summed E-state index contributed by atoms with van der Waals surface area (Å²) in [6.07, 6.45) is 9.78. The number of fused-ring (bicyclic) bond motifs is 1. The van der Waals surface area contributed by atoms with E-state index in [1.165, 1.54) is 11.3 Å². The van der Waals surface area contributed by atoms with Gasteiger partial charge in [0.25, 0.3) is 0 Å². The molecule has 0 fully saturated rings. The Balaban J connectivity index is 1.46. The molecule has 0 radical (unpaired) electrons. The second-order valence-corrected chi connectivity index (χ2v) is 5.57. The summed E-state index contributed by atoms with van der Waals surface area (Å²) in [6.45, 7) is 4.63. The molecule has 0 N–H and O–H groups in total. The summed E-state index contributed by atoms with van der Waals surface area (Å²) in [7, 11) is 0. The largest absolute Gasteiger partial charge is 0.472 e. The average Bonchev–Trinajstić information content (AvgIpc) is 3.24. The molecule has 114 valence electrons. The Hall–Kier alpha value is -2.41. The molecule has 7 heteroatoms. The third-order valence-corrected chi connectivity index (χ3v) is 4.09. The van der Waals surface area contributed by atoms with Gasteiger partial charge >= 0.3 is 0 Å². The van der Waals surface area contributed by atoms with Crippen LogP contribution < -0.4 is 0 Å². The fourth-order valence-corrected chi connectivity index (χ4v) is 2.94. The van der Waals surface area contributed by atoms with E-state index in [0.29, 0.717) is 6.54 Å². The SMILES string of the molecule is c1ncn(Cc2cnc3n2CCN(Cc2ccoc2)CC3)n1. The van der Waals surface area contributed by atoms with E-state index in [0.717, 1.165) is 38.4 Å². The maximum atomic E-state index is 5.15. The van der Waals surface area contributed by atoms with Gasteiger partial charge < -0.3 is 8.98 Å². The smallest absolute Gasteiger partial charge is 0.137 e. The van der Waals surface area contributed by atoms with Crippen molar-refractivity contribution in [3.8, 4) is 0 Å². The lowest BCUT2D eigenvalue weighted by molar-refractivity contribution is 0.270. The van der Waals surface area contributed by atoms with Crippen molar-refractivity contribution in [2.24, 2.45) is 0 Å². The zero-order valence-electron chi connectivity index (χ0n) is 12.3. The maximum Gasteiger partial charge on any atom is 0.137 e. The fourth-order valence-electron chi connectivity index (χ4n) is 2.94. The second kappa shape index (κ2) is 5.76. The molecule has 3 aromatic rings. The van der Waals surface area contributed by atoms with Crippen LogP contribution in [0, 0.1) is 0 Å². The number of hydrogen-bond acceptors (Lipinski definition) is 5. The molecule has 7 nitrogen and oxygen atoms in total. The molecule has 1 aliphatic heterocycles. The second-order valence-electron chi connectivity index (χ2n) is 5.57. The van der Waals surface area contributed by atoms with Crippen LogP contribution in [0.25, 0.3) is 0 Å². The molecule has 0 aromatic carbocycles. The molecule has 0 bridgehead atoms. The number of aromatic nitrogens is 5. The highest BCUT2D eigenvalue weighted by atomic mass is 16.3. The summed E-state index contributed by atoms with van der Waals surface area (Å²) in [6, 6.07) is 2.03. The van der Waals surface area contributed by atoms with Gasteiger partial charge in [0, 0.05) is 38.2 Å². The van der Waals surface area contributed by atoms with E-state index >= 15 is 0 Å². The predicted octanol–water partition coefficient (Wildman–Crippen LogP) is 1.17. The molecule has 0 unspecified atom stereocenters. The Kier molecular flexibility index (Phi) is 3.48. The van der Waals surface area contributed by atoms with Crippen LogP contribution in [0.2, 0.25) is 0 Å². The highest BCUT2D eigenvalue weighted by molar-refractivity contribution is 5.09. The Morgan fingerprint density at radius 3 is 3.00 bits per heavy atom. The normalized spacial score (nSPS) is 15.6. The maximum absolute atomic E-state index is 5.15.